The molecule has 6 heteroatoms. The Morgan fingerprint density at radius 1 is 1.00 bits per heavy atom. The second kappa shape index (κ2) is 6.79. The zero-order chi connectivity index (χ0) is 16.4. The molecule has 2 aromatic rings. The fourth-order valence-corrected chi connectivity index (χ4v) is 3.10. The number of hydrogen-bond donors (Lipinski definition) is 1. The molecule has 2 aliphatic rings. The molecule has 126 valence electrons. The molecule has 0 aromatic heterocycles. The summed E-state index contributed by atoms with van der Waals surface area (Å²) in [6.45, 7) is 2.96. The van der Waals surface area contributed by atoms with Crippen LogP contribution in [0.4, 0.5) is 0 Å². The summed E-state index contributed by atoms with van der Waals surface area (Å²) in [5.41, 5.74) is 1.04. The summed E-state index contributed by atoms with van der Waals surface area (Å²) in [6.07, 6.45) is -0.0208. The molecule has 0 saturated heterocycles. The van der Waals surface area contributed by atoms with Gasteiger partial charge in [-0.2, -0.15) is 0 Å². The van der Waals surface area contributed by atoms with Crippen LogP contribution < -0.4 is 24.3 Å². The van der Waals surface area contributed by atoms with Crippen molar-refractivity contribution in [1.82, 2.24) is 5.32 Å². The number of benzene rings is 2. The average molecular weight is 348 g/mol. The number of para-hydroxylation sites is 2. The Kier molecular flexibility index (Phi) is 4.36. The van der Waals surface area contributed by atoms with Crippen molar-refractivity contribution in [2.24, 2.45) is 0 Å². The number of hydrogen-bond acceptors (Lipinski definition) is 5. The van der Waals surface area contributed by atoms with Gasteiger partial charge in [0.2, 0.25) is 0 Å². The maximum absolute atomic E-state index is 6.25. The first-order chi connectivity index (χ1) is 11.8. The SMILES string of the molecule is Clc1cc(CNCC2COc3ccccc3O2)cc2c1OCCO2. The highest BCUT2D eigenvalue weighted by atomic mass is 35.5. The third-order valence-corrected chi connectivity index (χ3v) is 4.21. The van der Waals surface area contributed by atoms with Crippen LogP contribution in [-0.4, -0.2) is 32.5 Å². The zero-order valence-electron chi connectivity index (χ0n) is 13.1. The maximum Gasteiger partial charge on any atom is 0.179 e. The van der Waals surface area contributed by atoms with Crippen molar-refractivity contribution >= 4 is 11.6 Å². The van der Waals surface area contributed by atoms with E-state index in [1.165, 1.54) is 0 Å². The smallest absolute Gasteiger partial charge is 0.179 e. The predicted molar refractivity (Wildman–Crippen MR) is 90.5 cm³/mol. The fraction of sp³-hybridized carbons (Fsp3) is 0.333. The summed E-state index contributed by atoms with van der Waals surface area (Å²) in [5, 5.41) is 3.96. The first-order valence-electron chi connectivity index (χ1n) is 7.97. The number of fused-ring (bicyclic) bond motifs is 2. The van der Waals surface area contributed by atoms with E-state index in [0.717, 1.165) is 17.1 Å². The lowest BCUT2D eigenvalue weighted by atomic mass is 10.2. The molecule has 24 heavy (non-hydrogen) atoms. The highest BCUT2D eigenvalue weighted by Crippen LogP contribution is 2.38. The van der Waals surface area contributed by atoms with Gasteiger partial charge in [0.05, 0.1) is 5.02 Å². The van der Waals surface area contributed by atoms with Gasteiger partial charge in [0.15, 0.2) is 23.0 Å². The normalized spacial score (nSPS) is 18.3. The van der Waals surface area contributed by atoms with Gasteiger partial charge in [0.1, 0.15) is 25.9 Å². The Hall–Kier alpha value is -2.11. The first kappa shape index (κ1) is 15.4. The molecule has 1 N–H and O–H groups in total. The van der Waals surface area contributed by atoms with Crippen molar-refractivity contribution in [1.29, 1.82) is 0 Å². The molecule has 0 aliphatic carbocycles. The fourth-order valence-electron chi connectivity index (χ4n) is 2.81. The lowest BCUT2D eigenvalue weighted by molar-refractivity contribution is 0.0902. The van der Waals surface area contributed by atoms with Crippen LogP contribution in [0.1, 0.15) is 5.56 Å². The standard InChI is InChI=1S/C18H18ClNO4/c19-14-7-12(8-17-18(14)22-6-5-21-17)9-20-10-13-11-23-15-3-1-2-4-16(15)24-13/h1-4,7-8,13,20H,5-6,9-11H2. The molecule has 0 fully saturated rings. The van der Waals surface area contributed by atoms with E-state index in [1.54, 1.807) is 0 Å². The lowest BCUT2D eigenvalue weighted by Gasteiger charge is -2.26. The minimum Gasteiger partial charge on any atom is -0.486 e. The number of rotatable bonds is 4. The Balaban J connectivity index is 1.34. The highest BCUT2D eigenvalue weighted by molar-refractivity contribution is 6.32. The number of halogens is 1. The lowest BCUT2D eigenvalue weighted by Crippen LogP contribution is -2.38. The number of ether oxygens (including phenoxy) is 4. The third kappa shape index (κ3) is 3.23. The summed E-state index contributed by atoms with van der Waals surface area (Å²) in [5.74, 6) is 2.93. The minimum absolute atomic E-state index is 0.0208. The molecule has 0 bridgehead atoms. The van der Waals surface area contributed by atoms with Crippen molar-refractivity contribution in [2.45, 2.75) is 12.6 Å². The summed E-state index contributed by atoms with van der Waals surface area (Å²) in [6, 6.07) is 11.6. The highest BCUT2D eigenvalue weighted by Gasteiger charge is 2.20. The predicted octanol–water partition coefficient (Wildman–Crippen LogP) is 3.04. The molecular formula is C18H18ClNO4. The van der Waals surface area contributed by atoms with Gasteiger partial charge in [0, 0.05) is 13.1 Å². The van der Waals surface area contributed by atoms with E-state index >= 15 is 0 Å². The van der Waals surface area contributed by atoms with Crippen LogP contribution in [0.3, 0.4) is 0 Å². The monoisotopic (exact) mass is 347 g/mol. The van der Waals surface area contributed by atoms with Gasteiger partial charge in [-0.05, 0) is 29.8 Å². The molecule has 2 aliphatic heterocycles. The molecule has 4 rings (SSSR count). The zero-order valence-corrected chi connectivity index (χ0v) is 13.8. The van der Waals surface area contributed by atoms with Gasteiger partial charge in [-0.3, -0.25) is 0 Å². The van der Waals surface area contributed by atoms with E-state index in [9.17, 15) is 0 Å². The van der Waals surface area contributed by atoms with Crippen LogP contribution in [0.2, 0.25) is 5.02 Å². The van der Waals surface area contributed by atoms with E-state index < -0.39 is 0 Å². The Morgan fingerprint density at radius 3 is 2.75 bits per heavy atom. The Morgan fingerprint density at radius 2 is 1.83 bits per heavy atom. The molecule has 1 atom stereocenters. The summed E-state index contributed by atoms with van der Waals surface area (Å²) in [7, 11) is 0. The molecule has 0 radical (unpaired) electrons. The maximum atomic E-state index is 6.25. The summed E-state index contributed by atoms with van der Waals surface area (Å²) in [4.78, 5) is 0. The van der Waals surface area contributed by atoms with E-state index in [1.807, 2.05) is 36.4 Å². The van der Waals surface area contributed by atoms with Crippen LogP contribution >= 0.6 is 11.6 Å². The van der Waals surface area contributed by atoms with Crippen molar-refractivity contribution < 1.29 is 18.9 Å². The van der Waals surface area contributed by atoms with E-state index in [4.69, 9.17) is 30.5 Å². The molecular weight excluding hydrogens is 330 g/mol. The largest absolute Gasteiger partial charge is 0.486 e. The van der Waals surface area contributed by atoms with Crippen molar-refractivity contribution in [3.05, 3.63) is 47.0 Å². The van der Waals surface area contributed by atoms with Gasteiger partial charge in [-0.1, -0.05) is 23.7 Å². The molecule has 1 unspecified atom stereocenters. The number of nitrogens with one attached hydrogen (secondary N) is 1. The van der Waals surface area contributed by atoms with Gasteiger partial charge < -0.3 is 24.3 Å². The van der Waals surface area contributed by atoms with Gasteiger partial charge in [-0.25, -0.2) is 0 Å². The molecule has 2 heterocycles. The van der Waals surface area contributed by atoms with Gasteiger partial charge in [0.25, 0.3) is 0 Å². The second-order valence-electron chi connectivity index (χ2n) is 5.73. The van der Waals surface area contributed by atoms with Crippen molar-refractivity contribution in [3.63, 3.8) is 0 Å². The van der Waals surface area contributed by atoms with Gasteiger partial charge in [-0.15, -0.1) is 0 Å². The van der Waals surface area contributed by atoms with Crippen LogP contribution in [0, 0.1) is 0 Å². The van der Waals surface area contributed by atoms with Crippen LogP contribution in [0.15, 0.2) is 36.4 Å². The summed E-state index contributed by atoms with van der Waals surface area (Å²) >= 11 is 6.25. The topological polar surface area (TPSA) is 49.0 Å². The Bertz CT molecular complexity index is 737. The Labute approximate surface area is 145 Å². The van der Waals surface area contributed by atoms with Gasteiger partial charge >= 0.3 is 0 Å². The van der Waals surface area contributed by atoms with Crippen molar-refractivity contribution in [2.75, 3.05) is 26.4 Å². The van der Waals surface area contributed by atoms with E-state index in [-0.39, 0.29) is 6.10 Å². The molecule has 2 aromatic carbocycles. The van der Waals surface area contributed by atoms with E-state index in [0.29, 0.717) is 49.4 Å². The van der Waals surface area contributed by atoms with Crippen molar-refractivity contribution in [3.8, 4) is 23.0 Å². The van der Waals surface area contributed by atoms with Crippen LogP contribution in [0.25, 0.3) is 0 Å². The molecule has 5 nitrogen and oxygen atoms in total. The molecule has 0 spiro atoms. The third-order valence-electron chi connectivity index (χ3n) is 3.93. The minimum atomic E-state index is -0.0208. The average Bonchev–Trinajstić information content (AvgIpc) is 2.62. The van der Waals surface area contributed by atoms with E-state index in [2.05, 4.69) is 5.32 Å². The first-order valence-corrected chi connectivity index (χ1v) is 8.34. The molecule has 0 saturated carbocycles. The van der Waals surface area contributed by atoms with Crippen LogP contribution in [0.5, 0.6) is 23.0 Å². The van der Waals surface area contributed by atoms with Crippen LogP contribution in [-0.2, 0) is 6.54 Å². The quantitative estimate of drug-likeness (QED) is 0.921. The molecule has 0 amide bonds. The second-order valence-corrected chi connectivity index (χ2v) is 6.14. The summed E-state index contributed by atoms with van der Waals surface area (Å²) < 4.78 is 22.8.